The Morgan fingerprint density at radius 3 is 2.52 bits per heavy atom. The number of nitrogens with one attached hydrogen (secondary N) is 1. The molecule has 0 saturated heterocycles. The molecule has 3 aromatic rings. The van der Waals surface area contributed by atoms with Crippen molar-refractivity contribution in [2.45, 2.75) is 52.4 Å². The van der Waals surface area contributed by atoms with Crippen molar-refractivity contribution in [1.29, 1.82) is 0 Å². The summed E-state index contributed by atoms with van der Waals surface area (Å²) in [5.41, 5.74) is 2.76. The van der Waals surface area contributed by atoms with Gasteiger partial charge in [0.2, 0.25) is 0 Å². The molecule has 1 aromatic heterocycles. The van der Waals surface area contributed by atoms with Gasteiger partial charge in [0.1, 0.15) is 22.2 Å². The molecule has 0 bridgehead atoms. The van der Waals surface area contributed by atoms with E-state index in [2.05, 4.69) is 46.4 Å². The molecule has 0 aliphatic heterocycles. The Kier molecular flexibility index (Phi) is 8.86. The molecule has 1 N–H and O–H groups in total. The first kappa shape index (κ1) is 24.7. The van der Waals surface area contributed by atoms with Crippen molar-refractivity contribution in [1.82, 2.24) is 15.2 Å². The van der Waals surface area contributed by atoms with Gasteiger partial charge in [0.05, 0.1) is 20.8 Å². The predicted octanol–water partition coefficient (Wildman–Crippen LogP) is 5.45. The summed E-state index contributed by atoms with van der Waals surface area (Å²) in [7, 11) is 3.32. The molecule has 7 heteroatoms. The van der Waals surface area contributed by atoms with Crippen LogP contribution in [-0.4, -0.2) is 36.1 Å². The van der Waals surface area contributed by atoms with Gasteiger partial charge in [-0.15, -0.1) is 11.3 Å². The van der Waals surface area contributed by atoms with E-state index in [1.54, 1.807) is 14.2 Å². The monoisotopic (exact) mass is 467 g/mol. The average Bonchev–Trinajstić information content (AvgIpc) is 3.32. The minimum absolute atomic E-state index is 0.119. The summed E-state index contributed by atoms with van der Waals surface area (Å²) in [5, 5.41) is 5.73. The van der Waals surface area contributed by atoms with Crippen LogP contribution in [0.25, 0.3) is 0 Å². The van der Waals surface area contributed by atoms with Crippen LogP contribution in [0.1, 0.15) is 59.9 Å². The third kappa shape index (κ3) is 6.55. The fourth-order valence-corrected chi connectivity index (χ4v) is 4.33. The summed E-state index contributed by atoms with van der Waals surface area (Å²) in [5.74, 6) is 1.42. The number of carbonyl (C=O) groups excluding carboxylic acids is 1. The molecule has 0 aliphatic rings. The smallest absolute Gasteiger partial charge is 0.270 e. The topological polar surface area (TPSA) is 63.7 Å². The summed E-state index contributed by atoms with van der Waals surface area (Å²) in [6, 6.07) is 16.6. The molecule has 1 heterocycles. The van der Waals surface area contributed by atoms with E-state index in [4.69, 9.17) is 9.47 Å². The van der Waals surface area contributed by atoms with Crippen LogP contribution in [0.3, 0.4) is 0 Å². The predicted molar refractivity (Wildman–Crippen MR) is 133 cm³/mol. The number of aromatic nitrogens is 1. The standard InChI is InChI=1S/C26H33N3O3S/c1-6-18(2)27-26(30)23-17-33-25(28-23)16-29(19(3)20-10-8-7-9-11-20)15-21-12-13-22(31-4)14-24(21)32-5/h7-14,17-19H,6,15-16H2,1-5H3,(H,27,30). The highest BCUT2D eigenvalue weighted by molar-refractivity contribution is 7.09. The van der Waals surface area contributed by atoms with Gasteiger partial charge in [0.25, 0.3) is 5.91 Å². The van der Waals surface area contributed by atoms with Crippen LogP contribution in [0.4, 0.5) is 0 Å². The Balaban J connectivity index is 1.85. The van der Waals surface area contributed by atoms with Crippen molar-refractivity contribution < 1.29 is 14.3 Å². The van der Waals surface area contributed by atoms with Gasteiger partial charge >= 0.3 is 0 Å². The molecule has 3 rings (SSSR count). The van der Waals surface area contributed by atoms with E-state index in [1.165, 1.54) is 16.9 Å². The molecule has 0 fully saturated rings. The molecule has 33 heavy (non-hydrogen) atoms. The summed E-state index contributed by atoms with van der Waals surface area (Å²) < 4.78 is 11.0. The highest BCUT2D eigenvalue weighted by Crippen LogP contribution is 2.30. The third-order valence-corrected chi connectivity index (χ3v) is 6.64. The maximum atomic E-state index is 12.5. The zero-order chi connectivity index (χ0) is 23.8. The Labute approximate surface area is 200 Å². The number of carbonyl (C=O) groups is 1. The van der Waals surface area contributed by atoms with Gasteiger partial charge in [0, 0.05) is 35.6 Å². The molecule has 0 spiro atoms. The molecule has 0 radical (unpaired) electrons. The van der Waals surface area contributed by atoms with E-state index >= 15 is 0 Å². The zero-order valence-electron chi connectivity index (χ0n) is 20.0. The highest BCUT2D eigenvalue weighted by Gasteiger charge is 2.21. The molecule has 2 atom stereocenters. The van der Waals surface area contributed by atoms with E-state index in [-0.39, 0.29) is 18.0 Å². The molecule has 2 aromatic carbocycles. The van der Waals surface area contributed by atoms with Crippen molar-refractivity contribution in [3.05, 3.63) is 75.7 Å². The quantitative estimate of drug-likeness (QED) is 0.406. The maximum absolute atomic E-state index is 12.5. The number of thiazole rings is 1. The number of nitrogens with zero attached hydrogens (tertiary/aromatic N) is 2. The van der Waals surface area contributed by atoms with Crippen LogP contribution in [0.5, 0.6) is 11.5 Å². The minimum Gasteiger partial charge on any atom is -0.497 e. The minimum atomic E-state index is -0.119. The SMILES string of the molecule is CCC(C)NC(=O)c1csc(CN(Cc2ccc(OC)cc2OC)C(C)c2ccccc2)n1. The second-order valence-corrected chi connectivity index (χ2v) is 9.02. The van der Waals surface area contributed by atoms with Gasteiger partial charge in [-0.2, -0.15) is 0 Å². The van der Waals surface area contributed by atoms with Gasteiger partial charge in [0.15, 0.2) is 0 Å². The Morgan fingerprint density at radius 1 is 1.09 bits per heavy atom. The van der Waals surface area contributed by atoms with E-state index in [1.807, 2.05) is 43.5 Å². The van der Waals surface area contributed by atoms with Crippen molar-refractivity contribution in [3.8, 4) is 11.5 Å². The van der Waals surface area contributed by atoms with Gasteiger partial charge < -0.3 is 14.8 Å². The van der Waals surface area contributed by atoms with Crippen LogP contribution in [0, 0.1) is 0 Å². The number of amides is 1. The second-order valence-electron chi connectivity index (χ2n) is 8.08. The van der Waals surface area contributed by atoms with Gasteiger partial charge in [-0.3, -0.25) is 9.69 Å². The van der Waals surface area contributed by atoms with Crippen molar-refractivity contribution in [2.75, 3.05) is 14.2 Å². The first-order chi connectivity index (χ1) is 15.9. The van der Waals surface area contributed by atoms with Crippen LogP contribution in [0.15, 0.2) is 53.9 Å². The molecular formula is C26H33N3O3S. The number of rotatable bonds is 11. The summed E-state index contributed by atoms with van der Waals surface area (Å²) in [4.78, 5) is 19.5. The lowest BCUT2D eigenvalue weighted by atomic mass is 10.1. The number of hydrogen-bond acceptors (Lipinski definition) is 6. The maximum Gasteiger partial charge on any atom is 0.270 e. The molecular weight excluding hydrogens is 434 g/mol. The van der Waals surface area contributed by atoms with Crippen molar-refractivity contribution >= 4 is 17.2 Å². The highest BCUT2D eigenvalue weighted by atomic mass is 32.1. The number of hydrogen-bond donors (Lipinski definition) is 1. The van der Waals surface area contributed by atoms with Crippen LogP contribution in [-0.2, 0) is 13.1 Å². The van der Waals surface area contributed by atoms with E-state index < -0.39 is 0 Å². The first-order valence-corrected chi connectivity index (χ1v) is 12.1. The lowest BCUT2D eigenvalue weighted by Crippen LogP contribution is -2.32. The molecule has 0 saturated carbocycles. The van der Waals surface area contributed by atoms with Gasteiger partial charge in [-0.25, -0.2) is 4.98 Å². The van der Waals surface area contributed by atoms with Crippen LogP contribution in [0.2, 0.25) is 0 Å². The Bertz CT molecular complexity index is 1040. The largest absolute Gasteiger partial charge is 0.497 e. The molecule has 0 aliphatic carbocycles. The number of methoxy groups -OCH3 is 2. The average molecular weight is 468 g/mol. The van der Waals surface area contributed by atoms with E-state index in [0.717, 1.165) is 28.5 Å². The first-order valence-electron chi connectivity index (χ1n) is 11.2. The summed E-state index contributed by atoms with van der Waals surface area (Å²) in [6.07, 6.45) is 0.884. The van der Waals surface area contributed by atoms with Crippen molar-refractivity contribution in [3.63, 3.8) is 0 Å². The fourth-order valence-electron chi connectivity index (χ4n) is 3.53. The normalized spacial score (nSPS) is 12.9. The summed E-state index contributed by atoms with van der Waals surface area (Å²) in [6.45, 7) is 7.52. The lowest BCUT2D eigenvalue weighted by Gasteiger charge is -2.29. The zero-order valence-corrected chi connectivity index (χ0v) is 20.8. The van der Waals surface area contributed by atoms with Crippen molar-refractivity contribution in [2.24, 2.45) is 0 Å². The fraction of sp³-hybridized carbons (Fsp3) is 0.385. The van der Waals surface area contributed by atoms with Gasteiger partial charge in [-0.05, 0) is 31.9 Å². The molecule has 1 amide bonds. The Morgan fingerprint density at radius 2 is 1.85 bits per heavy atom. The van der Waals surface area contributed by atoms with Crippen LogP contribution >= 0.6 is 11.3 Å². The Hall–Kier alpha value is -2.90. The van der Waals surface area contributed by atoms with E-state index in [0.29, 0.717) is 18.8 Å². The van der Waals surface area contributed by atoms with E-state index in [9.17, 15) is 4.79 Å². The molecule has 176 valence electrons. The lowest BCUT2D eigenvalue weighted by molar-refractivity contribution is 0.0934. The number of benzene rings is 2. The van der Waals surface area contributed by atoms with Crippen LogP contribution < -0.4 is 14.8 Å². The summed E-state index contributed by atoms with van der Waals surface area (Å²) >= 11 is 1.52. The third-order valence-electron chi connectivity index (χ3n) is 5.81. The van der Waals surface area contributed by atoms with Gasteiger partial charge in [-0.1, -0.05) is 43.3 Å². The molecule has 2 unspecified atom stereocenters. The molecule has 6 nitrogen and oxygen atoms in total. The second kappa shape index (κ2) is 11.8. The number of ether oxygens (including phenoxy) is 2.